The van der Waals surface area contributed by atoms with Crippen LogP contribution in [0.2, 0.25) is 0 Å². The Morgan fingerprint density at radius 1 is 1.13 bits per heavy atom. The molecule has 0 aliphatic carbocycles. The highest BCUT2D eigenvalue weighted by Crippen LogP contribution is 2.01. The number of hydrogen-bond acceptors (Lipinski definition) is 2. The van der Waals surface area contributed by atoms with Crippen LogP contribution in [0.5, 0.6) is 0 Å². The monoisotopic (exact) mass is 206 g/mol. The minimum atomic E-state index is -0.275. The molecule has 4 heteroatoms. The van der Waals surface area contributed by atoms with E-state index >= 15 is 0 Å². The highest BCUT2D eigenvalue weighted by molar-refractivity contribution is 5.80. The van der Waals surface area contributed by atoms with Gasteiger partial charge in [0.05, 0.1) is 0 Å². The molecule has 15 heavy (non-hydrogen) atoms. The van der Waals surface area contributed by atoms with E-state index in [-0.39, 0.29) is 11.8 Å². The van der Waals surface area contributed by atoms with Crippen LogP contribution in [0.4, 0.5) is 0 Å². The van der Waals surface area contributed by atoms with Crippen molar-refractivity contribution in [2.24, 2.45) is 0 Å². The fraction of sp³-hybridized carbons (Fsp3) is 0.273. The van der Waals surface area contributed by atoms with E-state index in [1.807, 2.05) is 30.3 Å². The number of amides is 2. The van der Waals surface area contributed by atoms with Crippen molar-refractivity contribution >= 4 is 11.8 Å². The first-order valence-corrected chi connectivity index (χ1v) is 4.78. The Morgan fingerprint density at radius 3 is 2.40 bits per heavy atom. The number of nitrogens with one attached hydrogen (secondary N) is 2. The number of aryl methyl sites for hydroxylation is 1. The summed E-state index contributed by atoms with van der Waals surface area (Å²) in [5.74, 6) is -0.461. The number of rotatable bonds is 3. The molecule has 1 aromatic rings. The van der Waals surface area contributed by atoms with Gasteiger partial charge in [-0.05, 0) is 12.0 Å². The molecule has 4 nitrogen and oxygen atoms in total. The van der Waals surface area contributed by atoms with E-state index < -0.39 is 0 Å². The van der Waals surface area contributed by atoms with Crippen molar-refractivity contribution in [1.82, 2.24) is 10.9 Å². The normalized spacial score (nSPS) is 9.40. The molecule has 0 aliphatic rings. The topological polar surface area (TPSA) is 58.2 Å². The van der Waals surface area contributed by atoms with Gasteiger partial charge in [-0.1, -0.05) is 30.3 Å². The van der Waals surface area contributed by atoms with E-state index in [0.29, 0.717) is 12.8 Å². The zero-order chi connectivity index (χ0) is 11.1. The van der Waals surface area contributed by atoms with Gasteiger partial charge in [-0.2, -0.15) is 0 Å². The molecule has 0 saturated carbocycles. The molecule has 1 aromatic carbocycles. The van der Waals surface area contributed by atoms with Crippen LogP contribution in [-0.4, -0.2) is 11.8 Å². The Morgan fingerprint density at radius 2 is 1.80 bits per heavy atom. The van der Waals surface area contributed by atoms with Gasteiger partial charge >= 0.3 is 0 Å². The molecule has 0 aromatic heterocycles. The van der Waals surface area contributed by atoms with Crippen molar-refractivity contribution in [2.45, 2.75) is 19.8 Å². The van der Waals surface area contributed by atoms with E-state index in [0.717, 1.165) is 5.56 Å². The van der Waals surface area contributed by atoms with Crippen LogP contribution in [0.15, 0.2) is 30.3 Å². The second kappa shape index (κ2) is 5.80. The molecule has 1 rings (SSSR count). The second-order valence-corrected chi connectivity index (χ2v) is 3.21. The van der Waals surface area contributed by atoms with Gasteiger partial charge in [-0.15, -0.1) is 0 Å². The molecular weight excluding hydrogens is 192 g/mol. The lowest BCUT2D eigenvalue weighted by molar-refractivity contribution is -0.127. The van der Waals surface area contributed by atoms with E-state index in [9.17, 15) is 9.59 Å². The summed E-state index contributed by atoms with van der Waals surface area (Å²) in [6.45, 7) is 1.34. The summed E-state index contributed by atoms with van der Waals surface area (Å²) in [7, 11) is 0. The molecule has 2 N–H and O–H groups in total. The lowest BCUT2D eigenvalue weighted by Crippen LogP contribution is -2.40. The predicted octanol–water partition coefficient (Wildman–Crippen LogP) is 0.786. The number of hydrazine groups is 1. The zero-order valence-electron chi connectivity index (χ0n) is 8.62. The van der Waals surface area contributed by atoms with Crippen molar-refractivity contribution in [1.29, 1.82) is 0 Å². The molecule has 0 bridgehead atoms. The maximum Gasteiger partial charge on any atom is 0.238 e. The minimum Gasteiger partial charge on any atom is -0.274 e. The fourth-order valence-corrected chi connectivity index (χ4v) is 1.12. The van der Waals surface area contributed by atoms with Crippen LogP contribution >= 0.6 is 0 Å². The maximum absolute atomic E-state index is 11.2. The quantitative estimate of drug-likeness (QED) is 0.718. The van der Waals surface area contributed by atoms with Gasteiger partial charge in [0.1, 0.15) is 0 Å². The van der Waals surface area contributed by atoms with Crippen LogP contribution < -0.4 is 10.9 Å². The van der Waals surface area contributed by atoms with Gasteiger partial charge in [0.15, 0.2) is 0 Å². The third-order valence-electron chi connectivity index (χ3n) is 1.86. The van der Waals surface area contributed by atoms with E-state index in [1.165, 1.54) is 6.92 Å². The van der Waals surface area contributed by atoms with Crippen LogP contribution in [0.1, 0.15) is 18.9 Å². The van der Waals surface area contributed by atoms with Crippen LogP contribution in [0, 0.1) is 0 Å². The molecule has 0 spiro atoms. The van der Waals surface area contributed by atoms with Crippen molar-refractivity contribution < 1.29 is 9.59 Å². The van der Waals surface area contributed by atoms with Gasteiger partial charge in [0.25, 0.3) is 0 Å². The smallest absolute Gasteiger partial charge is 0.238 e. The second-order valence-electron chi connectivity index (χ2n) is 3.21. The third kappa shape index (κ3) is 4.81. The minimum absolute atomic E-state index is 0.186. The summed E-state index contributed by atoms with van der Waals surface area (Å²) in [5.41, 5.74) is 5.66. The molecular formula is C11H14N2O2. The molecule has 0 saturated heterocycles. The highest BCUT2D eigenvalue weighted by Gasteiger charge is 2.01. The highest BCUT2D eigenvalue weighted by atomic mass is 16.2. The SMILES string of the molecule is CC(=O)NNC(=O)CCc1ccccc1. The first-order valence-electron chi connectivity index (χ1n) is 4.78. The van der Waals surface area contributed by atoms with E-state index in [2.05, 4.69) is 10.9 Å². The lowest BCUT2D eigenvalue weighted by Gasteiger charge is -2.04. The Bertz CT molecular complexity index is 336. The Kier molecular flexibility index (Phi) is 4.34. The summed E-state index contributed by atoms with van der Waals surface area (Å²) in [5, 5.41) is 0. The Labute approximate surface area is 88.6 Å². The van der Waals surface area contributed by atoms with Crippen molar-refractivity contribution in [2.75, 3.05) is 0 Å². The average Bonchev–Trinajstić information content (AvgIpc) is 2.25. The summed E-state index contributed by atoms with van der Waals surface area (Å²) in [6.07, 6.45) is 1.04. The van der Waals surface area contributed by atoms with Crippen molar-refractivity contribution in [3.05, 3.63) is 35.9 Å². The molecule has 0 radical (unpaired) electrons. The summed E-state index contributed by atoms with van der Waals surface area (Å²) >= 11 is 0. The first-order chi connectivity index (χ1) is 7.18. The number of hydrogen-bond donors (Lipinski definition) is 2. The number of carbonyl (C=O) groups is 2. The lowest BCUT2D eigenvalue weighted by atomic mass is 10.1. The summed E-state index contributed by atoms with van der Waals surface area (Å²) < 4.78 is 0. The van der Waals surface area contributed by atoms with Gasteiger partial charge < -0.3 is 0 Å². The Hall–Kier alpha value is -1.84. The van der Waals surface area contributed by atoms with Gasteiger partial charge in [-0.3, -0.25) is 20.4 Å². The van der Waals surface area contributed by atoms with Crippen LogP contribution in [-0.2, 0) is 16.0 Å². The van der Waals surface area contributed by atoms with Crippen molar-refractivity contribution in [3.8, 4) is 0 Å². The zero-order valence-corrected chi connectivity index (χ0v) is 8.62. The third-order valence-corrected chi connectivity index (χ3v) is 1.86. The molecule has 0 aliphatic heterocycles. The molecule has 0 fully saturated rings. The van der Waals surface area contributed by atoms with E-state index in [1.54, 1.807) is 0 Å². The number of carbonyl (C=O) groups excluding carboxylic acids is 2. The molecule has 0 unspecified atom stereocenters. The van der Waals surface area contributed by atoms with Crippen molar-refractivity contribution in [3.63, 3.8) is 0 Å². The van der Waals surface area contributed by atoms with Crippen LogP contribution in [0.25, 0.3) is 0 Å². The molecule has 80 valence electrons. The average molecular weight is 206 g/mol. The molecule has 0 atom stereocenters. The summed E-state index contributed by atoms with van der Waals surface area (Å²) in [4.78, 5) is 21.7. The van der Waals surface area contributed by atoms with Gasteiger partial charge in [0.2, 0.25) is 11.8 Å². The molecule has 2 amide bonds. The largest absolute Gasteiger partial charge is 0.274 e. The fourth-order valence-electron chi connectivity index (χ4n) is 1.12. The Balaban J connectivity index is 2.26. The van der Waals surface area contributed by atoms with Crippen LogP contribution in [0.3, 0.4) is 0 Å². The first kappa shape index (κ1) is 11.2. The molecule has 0 heterocycles. The predicted molar refractivity (Wildman–Crippen MR) is 56.7 cm³/mol. The van der Waals surface area contributed by atoms with E-state index in [4.69, 9.17) is 0 Å². The number of benzene rings is 1. The van der Waals surface area contributed by atoms with Gasteiger partial charge in [-0.25, -0.2) is 0 Å². The van der Waals surface area contributed by atoms with Gasteiger partial charge in [0, 0.05) is 13.3 Å². The maximum atomic E-state index is 11.2. The standard InChI is InChI=1S/C11H14N2O2/c1-9(14)12-13-11(15)8-7-10-5-3-2-4-6-10/h2-6H,7-8H2,1H3,(H,12,14)(H,13,15). The summed E-state index contributed by atoms with van der Waals surface area (Å²) in [6, 6.07) is 9.72.